The molecule has 1 N–H and O–H groups in total. The lowest BCUT2D eigenvalue weighted by molar-refractivity contribution is -0.0267. The van der Waals surface area contributed by atoms with Gasteiger partial charge in [0, 0.05) is 13.2 Å². The molecule has 1 saturated heterocycles. The molecule has 0 aromatic heterocycles. The molecule has 128 valence electrons. The molecule has 1 aromatic rings. The van der Waals surface area contributed by atoms with Crippen LogP contribution in [0.4, 0.5) is 0 Å². The van der Waals surface area contributed by atoms with Crippen LogP contribution in [0.25, 0.3) is 0 Å². The number of rotatable bonds is 6. The summed E-state index contributed by atoms with van der Waals surface area (Å²) in [5.41, 5.74) is 1.03. The summed E-state index contributed by atoms with van der Waals surface area (Å²) in [6, 6.07) is 7.49. The second kappa shape index (κ2) is 7.61. The van der Waals surface area contributed by atoms with E-state index in [1.807, 2.05) is 24.3 Å². The predicted molar refractivity (Wildman–Crippen MR) is 86.1 cm³/mol. The third-order valence-electron chi connectivity index (χ3n) is 4.10. The summed E-state index contributed by atoms with van der Waals surface area (Å²) in [7, 11) is -3.37. The van der Waals surface area contributed by atoms with Crippen molar-refractivity contribution in [1.82, 2.24) is 4.72 Å². The number of hydrogen-bond donors (Lipinski definition) is 1. The van der Waals surface area contributed by atoms with Gasteiger partial charge in [0.25, 0.3) is 0 Å². The molecule has 0 bridgehead atoms. The number of sulfonamides is 1. The molecule has 2 aliphatic rings. The number of para-hydroxylation sites is 1. The SMILES string of the molecule is O=S(=O)(CCOC1CCOCC1)NC1COc2ccccc2C1. The van der Waals surface area contributed by atoms with Crippen LogP contribution < -0.4 is 9.46 Å². The minimum absolute atomic E-state index is 0.0253. The quantitative estimate of drug-likeness (QED) is 0.839. The molecular formula is C16H23NO5S. The summed E-state index contributed by atoms with van der Waals surface area (Å²) < 4.78 is 43.6. The second-order valence-electron chi connectivity index (χ2n) is 5.94. The Morgan fingerprint density at radius 3 is 2.83 bits per heavy atom. The van der Waals surface area contributed by atoms with Crippen molar-refractivity contribution in [2.45, 2.75) is 31.4 Å². The van der Waals surface area contributed by atoms with Crippen LogP contribution in [-0.2, 0) is 25.9 Å². The maximum atomic E-state index is 12.2. The first-order chi connectivity index (χ1) is 11.1. The molecule has 3 rings (SSSR count). The Kier molecular flexibility index (Phi) is 5.53. The van der Waals surface area contributed by atoms with Crippen LogP contribution >= 0.6 is 0 Å². The molecule has 1 fully saturated rings. The Hall–Kier alpha value is -1.15. The zero-order chi connectivity index (χ0) is 16.1. The fourth-order valence-electron chi connectivity index (χ4n) is 2.88. The van der Waals surface area contributed by atoms with Crippen LogP contribution in [0.15, 0.2) is 24.3 Å². The fraction of sp³-hybridized carbons (Fsp3) is 0.625. The highest BCUT2D eigenvalue weighted by molar-refractivity contribution is 7.89. The molecule has 1 aromatic carbocycles. The average molecular weight is 341 g/mol. The van der Waals surface area contributed by atoms with Gasteiger partial charge in [0.1, 0.15) is 12.4 Å². The molecule has 23 heavy (non-hydrogen) atoms. The first-order valence-corrected chi connectivity index (χ1v) is 9.68. The second-order valence-corrected chi connectivity index (χ2v) is 7.81. The summed E-state index contributed by atoms with van der Waals surface area (Å²) in [6.45, 7) is 1.95. The summed E-state index contributed by atoms with van der Waals surface area (Å²) in [5.74, 6) is 0.813. The lowest BCUT2D eigenvalue weighted by Crippen LogP contribution is -2.44. The Balaban J connectivity index is 1.45. The Labute approximate surface area is 137 Å². The minimum Gasteiger partial charge on any atom is -0.492 e. The van der Waals surface area contributed by atoms with E-state index in [1.54, 1.807) is 0 Å². The monoisotopic (exact) mass is 341 g/mol. The van der Waals surface area contributed by atoms with Gasteiger partial charge >= 0.3 is 0 Å². The third kappa shape index (κ3) is 4.91. The van der Waals surface area contributed by atoms with Crippen molar-refractivity contribution in [3.63, 3.8) is 0 Å². The van der Waals surface area contributed by atoms with Crippen LogP contribution in [0, 0.1) is 0 Å². The lowest BCUT2D eigenvalue weighted by Gasteiger charge is -2.26. The van der Waals surface area contributed by atoms with Crippen molar-refractivity contribution < 1.29 is 22.6 Å². The van der Waals surface area contributed by atoms with Crippen molar-refractivity contribution in [3.05, 3.63) is 29.8 Å². The van der Waals surface area contributed by atoms with E-state index in [9.17, 15) is 8.42 Å². The van der Waals surface area contributed by atoms with E-state index in [4.69, 9.17) is 14.2 Å². The van der Waals surface area contributed by atoms with Crippen molar-refractivity contribution in [2.75, 3.05) is 32.2 Å². The molecule has 0 spiro atoms. The van der Waals surface area contributed by atoms with Gasteiger partial charge in [-0.15, -0.1) is 0 Å². The first kappa shape index (κ1) is 16.7. The predicted octanol–water partition coefficient (Wildman–Crippen LogP) is 1.11. The molecule has 0 amide bonds. The molecule has 2 heterocycles. The molecular weight excluding hydrogens is 318 g/mol. The molecule has 2 aliphatic heterocycles. The van der Waals surface area contributed by atoms with Gasteiger partial charge in [-0.1, -0.05) is 18.2 Å². The molecule has 1 atom stereocenters. The zero-order valence-corrected chi connectivity index (χ0v) is 13.9. The highest BCUT2D eigenvalue weighted by Crippen LogP contribution is 2.24. The van der Waals surface area contributed by atoms with Crippen LogP contribution in [0.3, 0.4) is 0 Å². The van der Waals surface area contributed by atoms with Crippen molar-refractivity contribution in [2.24, 2.45) is 0 Å². The number of benzene rings is 1. The maximum absolute atomic E-state index is 12.2. The molecule has 0 saturated carbocycles. The number of ether oxygens (including phenoxy) is 3. The largest absolute Gasteiger partial charge is 0.492 e. The van der Waals surface area contributed by atoms with Crippen molar-refractivity contribution in [1.29, 1.82) is 0 Å². The van der Waals surface area contributed by atoms with Gasteiger partial charge < -0.3 is 14.2 Å². The fourth-order valence-corrected chi connectivity index (χ4v) is 3.98. The van der Waals surface area contributed by atoms with Crippen LogP contribution in [0.5, 0.6) is 5.75 Å². The van der Waals surface area contributed by atoms with Crippen molar-refractivity contribution >= 4 is 10.0 Å². The van der Waals surface area contributed by atoms with E-state index in [0.29, 0.717) is 26.2 Å². The van der Waals surface area contributed by atoms with E-state index >= 15 is 0 Å². The zero-order valence-electron chi connectivity index (χ0n) is 13.1. The minimum atomic E-state index is -3.37. The molecule has 6 nitrogen and oxygen atoms in total. The maximum Gasteiger partial charge on any atom is 0.214 e. The third-order valence-corrected chi connectivity index (χ3v) is 5.50. The van der Waals surface area contributed by atoms with Gasteiger partial charge in [0.05, 0.1) is 24.5 Å². The van der Waals surface area contributed by atoms with E-state index in [0.717, 1.165) is 24.2 Å². The van der Waals surface area contributed by atoms with Gasteiger partial charge in [0.2, 0.25) is 10.0 Å². The summed E-state index contributed by atoms with van der Waals surface area (Å²) in [5, 5.41) is 0. The number of nitrogens with one attached hydrogen (secondary N) is 1. The summed E-state index contributed by atoms with van der Waals surface area (Å²) in [6.07, 6.45) is 2.43. The molecule has 0 aliphatic carbocycles. The summed E-state index contributed by atoms with van der Waals surface area (Å²) >= 11 is 0. The number of hydrogen-bond acceptors (Lipinski definition) is 5. The molecule has 7 heteroatoms. The number of fused-ring (bicyclic) bond motifs is 1. The van der Waals surface area contributed by atoms with Gasteiger partial charge in [-0.3, -0.25) is 0 Å². The Bertz CT molecular complexity index is 613. The van der Waals surface area contributed by atoms with Crippen LogP contribution in [-0.4, -0.2) is 52.7 Å². The van der Waals surface area contributed by atoms with E-state index in [-0.39, 0.29) is 24.5 Å². The van der Waals surface area contributed by atoms with Gasteiger partial charge in [-0.25, -0.2) is 13.1 Å². The molecule has 0 radical (unpaired) electrons. The van der Waals surface area contributed by atoms with Gasteiger partial charge in [-0.2, -0.15) is 0 Å². The normalized spacial score (nSPS) is 22.3. The standard InChI is InChI=1S/C16H23NO5S/c18-23(19,10-9-21-15-5-7-20-8-6-15)17-14-11-13-3-1-2-4-16(13)22-12-14/h1-4,14-15,17H,5-12H2. The highest BCUT2D eigenvalue weighted by atomic mass is 32.2. The van der Waals surface area contributed by atoms with Gasteiger partial charge in [0.15, 0.2) is 0 Å². The highest BCUT2D eigenvalue weighted by Gasteiger charge is 2.24. The Morgan fingerprint density at radius 2 is 2.00 bits per heavy atom. The smallest absolute Gasteiger partial charge is 0.214 e. The summed E-state index contributed by atoms with van der Waals surface area (Å²) in [4.78, 5) is 0. The molecule has 1 unspecified atom stereocenters. The first-order valence-electron chi connectivity index (χ1n) is 8.02. The van der Waals surface area contributed by atoms with Crippen molar-refractivity contribution in [3.8, 4) is 5.75 Å². The lowest BCUT2D eigenvalue weighted by atomic mass is 10.0. The topological polar surface area (TPSA) is 73.9 Å². The van der Waals surface area contributed by atoms with E-state index in [1.165, 1.54) is 0 Å². The average Bonchev–Trinajstić information content (AvgIpc) is 2.55. The van der Waals surface area contributed by atoms with Crippen LogP contribution in [0.1, 0.15) is 18.4 Å². The van der Waals surface area contributed by atoms with Crippen LogP contribution in [0.2, 0.25) is 0 Å². The van der Waals surface area contributed by atoms with Gasteiger partial charge in [-0.05, 0) is 30.9 Å². The van der Waals surface area contributed by atoms with E-state index in [2.05, 4.69) is 4.72 Å². The Morgan fingerprint density at radius 1 is 1.22 bits per heavy atom. The van der Waals surface area contributed by atoms with E-state index < -0.39 is 10.0 Å².